The van der Waals surface area contributed by atoms with Crippen LogP contribution in [0.1, 0.15) is 0 Å². The van der Waals surface area contributed by atoms with Crippen LogP contribution in [0, 0.1) is 0 Å². The van der Waals surface area contributed by atoms with Crippen LogP contribution in [-0.2, 0) is 0 Å². The number of aromatic nitrogens is 3. The molecule has 4 heteroatoms. The van der Waals surface area contributed by atoms with Crippen LogP contribution in [0.4, 0.5) is 0 Å². The van der Waals surface area contributed by atoms with E-state index in [1.54, 1.807) is 0 Å². The second-order valence-electron chi connectivity index (χ2n) is 12.6. The van der Waals surface area contributed by atoms with E-state index in [0.29, 0.717) is 11.5 Å². The summed E-state index contributed by atoms with van der Waals surface area (Å²) in [5, 5.41) is 4.19. The number of benzene rings is 7. The molecular formula is C46H29N3O. The standard InChI is InChI=1S/C46H29N3O/c1-4-12-30(13-5-1)32-20-22-34(23-21-32)42-41-39-29-28-38-37-18-10-11-19-40(37)49(36-26-24-33(25-27-36)31-14-6-2-7-15-31)43(38)44(39)50-46(41)48-45(47-42)35-16-8-3-9-17-35/h1-29H. The lowest BCUT2D eigenvalue weighted by molar-refractivity contribution is 0.655. The third-order valence-corrected chi connectivity index (χ3v) is 9.66. The third-order valence-electron chi connectivity index (χ3n) is 9.66. The molecule has 0 aliphatic carbocycles. The van der Waals surface area contributed by atoms with E-state index in [1.165, 1.54) is 22.1 Å². The Morgan fingerprint density at radius 3 is 1.58 bits per heavy atom. The summed E-state index contributed by atoms with van der Waals surface area (Å²) in [7, 11) is 0. The van der Waals surface area contributed by atoms with Crippen molar-refractivity contribution in [1.82, 2.24) is 14.5 Å². The monoisotopic (exact) mass is 639 g/mol. The summed E-state index contributed by atoms with van der Waals surface area (Å²) in [6, 6.07) is 61.4. The van der Waals surface area contributed by atoms with Gasteiger partial charge in [0.25, 0.3) is 0 Å². The first-order valence-corrected chi connectivity index (χ1v) is 16.8. The Hall–Kier alpha value is -6.78. The van der Waals surface area contributed by atoms with Crippen molar-refractivity contribution in [3.8, 4) is 50.6 Å². The maximum Gasteiger partial charge on any atom is 0.231 e. The molecule has 3 heterocycles. The topological polar surface area (TPSA) is 43.9 Å². The van der Waals surface area contributed by atoms with Gasteiger partial charge < -0.3 is 8.98 Å². The van der Waals surface area contributed by atoms with E-state index < -0.39 is 0 Å². The zero-order chi connectivity index (χ0) is 33.0. The molecule has 3 aromatic heterocycles. The zero-order valence-corrected chi connectivity index (χ0v) is 27.0. The fourth-order valence-electron chi connectivity index (χ4n) is 7.26. The normalized spacial score (nSPS) is 11.6. The Kier molecular flexibility index (Phi) is 6.46. The molecule has 0 saturated carbocycles. The van der Waals surface area contributed by atoms with Crippen LogP contribution in [0.2, 0.25) is 0 Å². The summed E-state index contributed by atoms with van der Waals surface area (Å²) in [6.07, 6.45) is 0. The summed E-state index contributed by atoms with van der Waals surface area (Å²) in [4.78, 5) is 10.3. The Labute approximate surface area is 288 Å². The second kappa shape index (κ2) is 11.4. The average Bonchev–Trinajstić information content (AvgIpc) is 3.75. The van der Waals surface area contributed by atoms with Crippen LogP contribution < -0.4 is 0 Å². The van der Waals surface area contributed by atoms with E-state index in [9.17, 15) is 0 Å². The molecule has 0 aliphatic rings. The van der Waals surface area contributed by atoms with E-state index in [0.717, 1.165) is 60.8 Å². The number of para-hydroxylation sites is 1. The van der Waals surface area contributed by atoms with E-state index in [2.05, 4.69) is 138 Å². The zero-order valence-electron chi connectivity index (χ0n) is 27.0. The number of nitrogens with zero attached hydrogens (tertiary/aromatic N) is 3. The number of hydrogen-bond donors (Lipinski definition) is 0. The van der Waals surface area contributed by atoms with Crippen LogP contribution in [-0.4, -0.2) is 14.5 Å². The SMILES string of the molecule is c1ccc(-c2ccc(-c3nc(-c4ccccc4)nc4oc5c(ccc6c7ccccc7n(-c7ccc(-c8ccccc8)cc7)c65)c34)cc2)cc1. The molecule has 0 bridgehead atoms. The van der Waals surface area contributed by atoms with Crippen LogP contribution >= 0.6 is 0 Å². The number of rotatable bonds is 5. The maximum absolute atomic E-state index is 6.90. The molecule has 0 aliphatic heterocycles. The Morgan fingerprint density at radius 2 is 0.920 bits per heavy atom. The van der Waals surface area contributed by atoms with Crippen molar-refractivity contribution in [3.05, 3.63) is 176 Å². The van der Waals surface area contributed by atoms with Gasteiger partial charge in [-0.25, -0.2) is 4.98 Å². The Balaban J connectivity index is 1.24. The molecule has 50 heavy (non-hydrogen) atoms. The van der Waals surface area contributed by atoms with Gasteiger partial charge in [0, 0.05) is 33.0 Å². The van der Waals surface area contributed by atoms with Gasteiger partial charge in [0.2, 0.25) is 5.71 Å². The molecule has 0 fully saturated rings. The predicted octanol–water partition coefficient (Wildman–Crippen LogP) is 12.1. The highest BCUT2D eigenvalue weighted by Crippen LogP contribution is 2.43. The van der Waals surface area contributed by atoms with E-state index >= 15 is 0 Å². The average molecular weight is 640 g/mol. The Bertz CT molecular complexity index is 2820. The van der Waals surface area contributed by atoms with Crippen LogP contribution in [0.15, 0.2) is 180 Å². The molecule has 0 unspecified atom stereocenters. The minimum atomic E-state index is 0.569. The van der Waals surface area contributed by atoms with Crippen LogP contribution in [0.3, 0.4) is 0 Å². The van der Waals surface area contributed by atoms with Crippen molar-refractivity contribution >= 4 is 43.9 Å². The van der Waals surface area contributed by atoms with Gasteiger partial charge >= 0.3 is 0 Å². The summed E-state index contributed by atoms with van der Waals surface area (Å²) in [6.45, 7) is 0. The van der Waals surface area contributed by atoms with Crippen LogP contribution in [0.5, 0.6) is 0 Å². The van der Waals surface area contributed by atoms with Gasteiger partial charge in [-0.05, 0) is 46.5 Å². The first-order chi connectivity index (χ1) is 24.8. The van der Waals surface area contributed by atoms with Gasteiger partial charge in [0.15, 0.2) is 11.4 Å². The number of fused-ring (bicyclic) bond motifs is 7. The van der Waals surface area contributed by atoms with Gasteiger partial charge in [-0.3, -0.25) is 0 Å². The number of hydrogen-bond acceptors (Lipinski definition) is 3. The lowest BCUT2D eigenvalue weighted by Crippen LogP contribution is -1.94. The largest absolute Gasteiger partial charge is 0.435 e. The Morgan fingerprint density at radius 1 is 0.400 bits per heavy atom. The maximum atomic E-state index is 6.90. The summed E-state index contributed by atoms with van der Waals surface area (Å²) in [5.41, 5.74) is 12.1. The molecule has 0 atom stereocenters. The van der Waals surface area contributed by atoms with Gasteiger partial charge in [-0.15, -0.1) is 0 Å². The second-order valence-corrected chi connectivity index (χ2v) is 12.6. The molecule has 0 spiro atoms. The fourth-order valence-corrected chi connectivity index (χ4v) is 7.26. The van der Waals surface area contributed by atoms with Gasteiger partial charge in [-0.1, -0.05) is 152 Å². The van der Waals surface area contributed by atoms with E-state index in [4.69, 9.17) is 14.4 Å². The molecule has 10 aromatic rings. The van der Waals surface area contributed by atoms with Gasteiger partial charge in [-0.2, -0.15) is 4.98 Å². The first-order valence-electron chi connectivity index (χ1n) is 16.8. The summed E-state index contributed by atoms with van der Waals surface area (Å²) < 4.78 is 9.22. The van der Waals surface area contributed by atoms with Crippen molar-refractivity contribution in [1.29, 1.82) is 0 Å². The summed E-state index contributed by atoms with van der Waals surface area (Å²) in [5.74, 6) is 0.632. The molecule has 4 nitrogen and oxygen atoms in total. The fraction of sp³-hybridized carbons (Fsp3) is 0. The van der Waals surface area contributed by atoms with Crippen molar-refractivity contribution in [3.63, 3.8) is 0 Å². The van der Waals surface area contributed by atoms with Crippen molar-refractivity contribution in [2.75, 3.05) is 0 Å². The van der Waals surface area contributed by atoms with Crippen molar-refractivity contribution < 1.29 is 4.42 Å². The lowest BCUT2D eigenvalue weighted by Gasteiger charge is -2.10. The van der Waals surface area contributed by atoms with E-state index in [-0.39, 0.29) is 0 Å². The summed E-state index contributed by atoms with van der Waals surface area (Å²) >= 11 is 0. The smallest absolute Gasteiger partial charge is 0.231 e. The first kappa shape index (κ1) is 28.3. The third kappa shape index (κ3) is 4.54. The lowest BCUT2D eigenvalue weighted by atomic mass is 10.0. The molecular weight excluding hydrogens is 611 g/mol. The van der Waals surface area contributed by atoms with Gasteiger partial charge in [0.05, 0.1) is 22.1 Å². The molecule has 0 radical (unpaired) electrons. The quantitative estimate of drug-likeness (QED) is 0.188. The molecule has 10 rings (SSSR count). The predicted molar refractivity (Wildman–Crippen MR) is 205 cm³/mol. The molecule has 7 aromatic carbocycles. The minimum Gasteiger partial charge on any atom is -0.435 e. The molecule has 234 valence electrons. The van der Waals surface area contributed by atoms with Crippen LogP contribution in [0.25, 0.3) is 94.5 Å². The van der Waals surface area contributed by atoms with Gasteiger partial charge in [0.1, 0.15) is 0 Å². The molecule has 0 saturated heterocycles. The minimum absolute atomic E-state index is 0.569. The highest BCUT2D eigenvalue weighted by molar-refractivity contribution is 6.23. The molecule has 0 N–H and O–H groups in total. The highest BCUT2D eigenvalue weighted by atomic mass is 16.3. The molecule has 0 amide bonds. The van der Waals surface area contributed by atoms with E-state index in [1.807, 2.05) is 42.5 Å². The van der Waals surface area contributed by atoms with Crippen molar-refractivity contribution in [2.45, 2.75) is 0 Å². The van der Waals surface area contributed by atoms with Crippen molar-refractivity contribution in [2.24, 2.45) is 0 Å². The number of furan rings is 1. The highest BCUT2D eigenvalue weighted by Gasteiger charge is 2.23.